The van der Waals surface area contributed by atoms with Crippen molar-refractivity contribution in [1.82, 2.24) is 19.7 Å². The number of urea groups is 1. The molecule has 0 unspecified atom stereocenters. The quantitative estimate of drug-likeness (QED) is 0.152. The van der Waals surface area contributed by atoms with Crippen LogP contribution in [0.25, 0.3) is 11.4 Å². The third-order valence-corrected chi connectivity index (χ3v) is 8.51. The van der Waals surface area contributed by atoms with E-state index in [4.69, 9.17) is 26.2 Å². The number of anilines is 1. The maximum atomic E-state index is 14.4. The lowest BCUT2D eigenvalue weighted by molar-refractivity contribution is 0.0600. The summed E-state index contributed by atoms with van der Waals surface area (Å²) in [4.78, 5) is 38.8. The molecule has 0 aliphatic heterocycles. The van der Waals surface area contributed by atoms with Crippen LogP contribution in [0.2, 0.25) is 5.02 Å². The Balaban J connectivity index is 1.33. The molecule has 12 heteroatoms. The van der Waals surface area contributed by atoms with Gasteiger partial charge in [0.05, 0.1) is 29.7 Å². The summed E-state index contributed by atoms with van der Waals surface area (Å²) in [5.74, 6) is -0.411. The van der Waals surface area contributed by atoms with E-state index in [1.807, 2.05) is 65.0 Å². The zero-order valence-electron chi connectivity index (χ0n) is 29.0. The van der Waals surface area contributed by atoms with Crippen molar-refractivity contribution in [3.05, 3.63) is 133 Å². The van der Waals surface area contributed by atoms with Crippen LogP contribution in [-0.4, -0.2) is 33.5 Å². The van der Waals surface area contributed by atoms with Crippen molar-refractivity contribution in [2.24, 2.45) is 0 Å². The summed E-state index contributed by atoms with van der Waals surface area (Å²) in [5, 5.41) is 10.3. The molecule has 0 spiro atoms. The smallest absolute Gasteiger partial charge is 0.337 e. The average Bonchev–Trinajstić information content (AvgIpc) is 3.50. The number of amides is 2. The standard InChI is InChI=1S/C38H39ClFN5O5/c1-22-8-14-29(15-9-22)45-33(19-32(43-45)38(4,5)6)42-37(48)41-20-27-17-28(40)13-12-26(27)21-50-31-16-24(3)44(35(46)34(31)39)30-18-25(36(47)49-7)11-10-23(30)2/h8-19H,20-21H2,1-7H3,(H2,41,42,48). The molecule has 2 aromatic heterocycles. The molecule has 0 fully saturated rings. The number of methoxy groups -OCH3 is 1. The van der Waals surface area contributed by atoms with E-state index in [2.05, 4.69) is 10.6 Å². The molecule has 5 aromatic rings. The van der Waals surface area contributed by atoms with E-state index in [-0.39, 0.29) is 34.9 Å². The number of nitrogens with one attached hydrogen (secondary N) is 2. The first kappa shape index (κ1) is 35.9. The monoisotopic (exact) mass is 699 g/mol. The first-order valence-electron chi connectivity index (χ1n) is 15.9. The summed E-state index contributed by atoms with van der Waals surface area (Å²) in [6.45, 7) is 11.6. The Morgan fingerprint density at radius 2 is 1.66 bits per heavy atom. The van der Waals surface area contributed by atoms with Crippen molar-refractivity contribution < 1.29 is 23.5 Å². The Kier molecular flexibility index (Phi) is 10.5. The Bertz CT molecular complexity index is 2130. The summed E-state index contributed by atoms with van der Waals surface area (Å²) in [6.07, 6.45) is 0. The van der Waals surface area contributed by atoms with Gasteiger partial charge in [-0.15, -0.1) is 0 Å². The molecule has 0 saturated heterocycles. The molecule has 0 atom stereocenters. The Hall–Kier alpha value is -5.42. The third kappa shape index (κ3) is 7.89. The van der Waals surface area contributed by atoms with Crippen molar-refractivity contribution in [2.75, 3.05) is 12.4 Å². The minimum Gasteiger partial charge on any atom is -0.487 e. The molecule has 3 aromatic carbocycles. The fourth-order valence-corrected chi connectivity index (χ4v) is 5.49. The SMILES string of the molecule is COC(=O)c1ccc(C)c(-n2c(C)cc(OCc3ccc(F)cc3CNC(=O)Nc3cc(C(C)(C)C)nn3-c3ccc(C)cc3)c(Cl)c2=O)c1. The highest BCUT2D eigenvalue weighted by molar-refractivity contribution is 6.31. The van der Waals surface area contributed by atoms with Crippen LogP contribution in [0, 0.1) is 26.6 Å². The number of rotatable bonds is 9. The van der Waals surface area contributed by atoms with Crippen molar-refractivity contribution in [3.63, 3.8) is 0 Å². The van der Waals surface area contributed by atoms with Crippen LogP contribution in [0.5, 0.6) is 5.75 Å². The van der Waals surface area contributed by atoms with Gasteiger partial charge in [0.15, 0.2) is 0 Å². The molecule has 10 nitrogen and oxygen atoms in total. The highest BCUT2D eigenvalue weighted by Gasteiger charge is 2.22. The second kappa shape index (κ2) is 14.6. The number of carbonyl (C=O) groups is 2. The summed E-state index contributed by atoms with van der Waals surface area (Å²) >= 11 is 6.53. The number of hydrogen-bond donors (Lipinski definition) is 2. The Labute approximate surface area is 294 Å². The van der Waals surface area contributed by atoms with E-state index in [1.54, 1.807) is 41.9 Å². The van der Waals surface area contributed by atoms with Gasteiger partial charge in [-0.05, 0) is 73.9 Å². The first-order chi connectivity index (χ1) is 23.7. The molecule has 260 valence electrons. The van der Waals surface area contributed by atoms with Crippen molar-refractivity contribution in [1.29, 1.82) is 0 Å². The van der Waals surface area contributed by atoms with Crippen molar-refractivity contribution in [2.45, 2.75) is 60.1 Å². The minimum atomic E-state index is -0.538. The first-order valence-corrected chi connectivity index (χ1v) is 16.3. The van der Waals surface area contributed by atoms with E-state index in [1.165, 1.54) is 23.8 Å². The van der Waals surface area contributed by atoms with E-state index in [0.29, 0.717) is 28.3 Å². The predicted octanol–water partition coefficient (Wildman–Crippen LogP) is 7.73. The largest absolute Gasteiger partial charge is 0.487 e. The van der Waals surface area contributed by atoms with E-state index in [0.717, 1.165) is 22.5 Å². The van der Waals surface area contributed by atoms with Gasteiger partial charge in [0, 0.05) is 29.8 Å². The van der Waals surface area contributed by atoms with Crippen LogP contribution in [0.4, 0.5) is 15.0 Å². The Morgan fingerprint density at radius 1 is 0.940 bits per heavy atom. The summed E-state index contributed by atoms with van der Waals surface area (Å²) in [6, 6.07) is 19.8. The summed E-state index contributed by atoms with van der Waals surface area (Å²) in [5.41, 5.74) is 4.95. The highest BCUT2D eigenvalue weighted by Crippen LogP contribution is 2.28. The number of esters is 1. The van der Waals surface area contributed by atoms with Crippen LogP contribution in [-0.2, 0) is 23.3 Å². The maximum Gasteiger partial charge on any atom is 0.337 e. The second-order valence-electron chi connectivity index (χ2n) is 13.0. The van der Waals surface area contributed by atoms with Crippen molar-refractivity contribution >= 4 is 29.4 Å². The van der Waals surface area contributed by atoms with Gasteiger partial charge in [-0.25, -0.2) is 18.7 Å². The molecule has 50 heavy (non-hydrogen) atoms. The number of nitrogens with zero attached hydrogens (tertiary/aromatic N) is 3. The van der Waals surface area contributed by atoms with Gasteiger partial charge in [0.25, 0.3) is 5.56 Å². The summed E-state index contributed by atoms with van der Waals surface area (Å²) in [7, 11) is 1.28. The fourth-order valence-electron chi connectivity index (χ4n) is 5.29. The number of halogens is 2. The zero-order chi connectivity index (χ0) is 36.3. The lowest BCUT2D eigenvalue weighted by Gasteiger charge is -2.17. The molecule has 2 amide bonds. The molecule has 2 N–H and O–H groups in total. The van der Waals surface area contributed by atoms with Crippen LogP contribution in [0.1, 0.15) is 64.8 Å². The fraction of sp³-hybridized carbons (Fsp3) is 0.263. The van der Waals surface area contributed by atoms with Crippen LogP contribution < -0.4 is 20.9 Å². The van der Waals surface area contributed by atoms with Gasteiger partial charge in [-0.2, -0.15) is 5.10 Å². The number of benzene rings is 3. The molecular weight excluding hydrogens is 661 g/mol. The molecule has 0 bridgehead atoms. The lowest BCUT2D eigenvalue weighted by atomic mass is 9.92. The summed E-state index contributed by atoms with van der Waals surface area (Å²) < 4.78 is 28.3. The molecule has 0 radical (unpaired) electrons. The second-order valence-corrected chi connectivity index (χ2v) is 13.4. The lowest BCUT2D eigenvalue weighted by Crippen LogP contribution is -2.29. The number of pyridine rings is 1. The van der Waals surface area contributed by atoms with Gasteiger partial charge >= 0.3 is 12.0 Å². The van der Waals surface area contributed by atoms with Gasteiger partial charge in [-0.3, -0.25) is 14.7 Å². The van der Waals surface area contributed by atoms with Gasteiger partial charge < -0.3 is 14.8 Å². The normalized spacial score (nSPS) is 11.3. The molecule has 5 rings (SSSR count). The molecular formula is C38H39ClFN5O5. The predicted molar refractivity (Wildman–Crippen MR) is 191 cm³/mol. The molecule has 0 saturated carbocycles. The van der Waals surface area contributed by atoms with E-state index in [9.17, 15) is 18.8 Å². The van der Waals surface area contributed by atoms with Crippen LogP contribution in [0.15, 0.2) is 77.6 Å². The van der Waals surface area contributed by atoms with Gasteiger partial charge in [-0.1, -0.05) is 62.2 Å². The minimum absolute atomic E-state index is 0.0166. The van der Waals surface area contributed by atoms with Crippen LogP contribution in [0.3, 0.4) is 0 Å². The molecule has 0 aliphatic carbocycles. The Morgan fingerprint density at radius 3 is 2.34 bits per heavy atom. The van der Waals surface area contributed by atoms with Gasteiger partial charge in [0.2, 0.25) is 0 Å². The number of ether oxygens (including phenoxy) is 2. The maximum absolute atomic E-state index is 14.4. The molecule has 2 heterocycles. The molecule has 0 aliphatic rings. The third-order valence-electron chi connectivity index (χ3n) is 8.16. The van der Waals surface area contributed by atoms with E-state index < -0.39 is 23.4 Å². The zero-order valence-corrected chi connectivity index (χ0v) is 29.7. The van der Waals surface area contributed by atoms with Gasteiger partial charge in [0.1, 0.15) is 29.0 Å². The van der Waals surface area contributed by atoms with E-state index >= 15 is 0 Å². The average molecular weight is 700 g/mol. The number of carbonyl (C=O) groups excluding carboxylic acids is 2. The highest BCUT2D eigenvalue weighted by atomic mass is 35.5. The number of aryl methyl sites for hydroxylation is 3. The topological polar surface area (TPSA) is 116 Å². The van der Waals surface area contributed by atoms with Crippen LogP contribution >= 0.6 is 11.6 Å². The van der Waals surface area contributed by atoms with Crippen molar-refractivity contribution in [3.8, 4) is 17.1 Å². The number of aromatic nitrogens is 3. The number of hydrogen-bond acceptors (Lipinski definition) is 6.